The van der Waals surface area contributed by atoms with Crippen LogP contribution in [0.3, 0.4) is 0 Å². The molecular formula is C18H21N3. The molecule has 0 radical (unpaired) electrons. The Morgan fingerprint density at radius 2 is 1.71 bits per heavy atom. The first kappa shape index (κ1) is 13.9. The van der Waals surface area contributed by atoms with E-state index < -0.39 is 0 Å². The van der Waals surface area contributed by atoms with Crippen LogP contribution < -0.4 is 10.6 Å². The van der Waals surface area contributed by atoms with Crippen molar-refractivity contribution in [3.63, 3.8) is 0 Å². The van der Waals surface area contributed by atoms with Gasteiger partial charge in [0.15, 0.2) is 0 Å². The summed E-state index contributed by atoms with van der Waals surface area (Å²) in [7, 11) is 2.16. The Hall–Kier alpha value is -2.05. The largest absolute Gasteiger partial charge is 0.371 e. The van der Waals surface area contributed by atoms with Gasteiger partial charge in [-0.1, -0.05) is 24.3 Å². The molecule has 0 atom stereocenters. The zero-order chi connectivity index (χ0) is 14.8. The number of anilines is 1. The molecule has 21 heavy (non-hydrogen) atoms. The second-order valence-electron chi connectivity index (χ2n) is 5.97. The number of nitrogens with zero attached hydrogens (tertiary/aromatic N) is 2. The second kappa shape index (κ2) is 5.75. The Bertz CT molecular complexity index is 678. The molecule has 0 heterocycles. The van der Waals surface area contributed by atoms with Crippen molar-refractivity contribution in [1.29, 1.82) is 5.26 Å². The number of rotatable bonds is 2. The van der Waals surface area contributed by atoms with Gasteiger partial charge in [0.1, 0.15) is 0 Å². The van der Waals surface area contributed by atoms with Crippen LogP contribution in [0.25, 0.3) is 10.8 Å². The van der Waals surface area contributed by atoms with Crippen molar-refractivity contribution in [1.82, 2.24) is 0 Å². The molecule has 0 aromatic heterocycles. The molecule has 0 saturated heterocycles. The summed E-state index contributed by atoms with van der Waals surface area (Å²) < 4.78 is 0. The quantitative estimate of drug-likeness (QED) is 0.916. The monoisotopic (exact) mass is 279 g/mol. The molecule has 3 rings (SSSR count). The summed E-state index contributed by atoms with van der Waals surface area (Å²) in [5, 5.41) is 11.5. The van der Waals surface area contributed by atoms with Crippen molar-refractivity contribution in [3.8, 4) is 6.07 Å². The van der Waals surface area contributed by atoms with E-state index in [2.05, 4.69) is 30.1 Å². The van der Waals surface area contributed by atoms with E-state index in [0.29, 0.717) is 12.1 Å². The predicted octanol–water partition coefficient (Wildman–Crippen LogP) is 3.42. The van der Waals surface area contributed by atoms with Crippen molar-refractivity contribution < 1.29 is 0 Å². The zero-order valence-corrected chi connectivity index (χ0v) is 12.4. The Kier molecular flexibility index (Phi) is 3.81. The van der Waals surface area contributed by atoms with E-state index in [1.165, 1.54) is 5.69 Å². The van der Waals surface area contributed by atoms with Crippen molar-refractivity contribution >= 4 is 16.5 Å². The maximum absolute atomic E-state index is 9.27. The fraction of sp³-hybridized carbons (Fsp3) is 0.389. The summed E-state index contributed by atoms with van der Waals surface area (Å²) >= 11 is 0. The van der Waals surface area contributed by atoms with E-state index in [1.54, 1.807) is 0 Å². The lowest BCUT2D eigenvalue weighted by Gasteiger charge is -2.35. The number of hydrogen-bond donors (Lipinski definition) is 1. The van der Waals surface area contributed by atoms with Gasteiger partial charge in [0, 0.05) is 35.6 Å². The Labute approximate surface area is 126 Å². The fourth-order valence-electron chi connectivity index (χ4n) is 3.37. The molecule has 108 valence electrons. The van der Waals surface area contributed by atoms with Crippen molar-refractivity contribution in [2.75, 3.05) is 11.9 Å². The summed E-state index contributed by atoms with van der Waals surface area (Å²) in [6.07, 6.45) is 4.49. The molecule has 1 aliphatic carbocycles. The molecule has 3 nitrogen and oxygen atoms in total. The fourth-order valence-corrected chi connectivity index (χ4v) is 3.37. The van der Waals surface area contributed by atoms with Gasteiger partial charge >= 0.3 is 0 Å². The van der Waals surface area contributed by atoms with Gasteiger partial charge in [-0.3, -0.25) is 0 Å². The lowest BCUT2D eigenvalue weighted by molar-refractivity contribution is 0.385. The molecule has 1 fully saturated rings. The van der Waals surface area contributed by atoms with Crippen molar-refractivity contribution in [2.45, 2.75) is 37.8 Å². The third kappa shape index (κ3) is 2.59. The van der Waals surface area contributed by atoms with E-state index >= 15 is 0 Å². The average Bonchev–Trinajstić information content (AvgIpc) is 2.54. The number of benzene rings is 2. The highest BCUT2D eigenvalue weighted by atomic mass is 15.1. The maximum atomic E-state index is 9.27. The minimum Gasteiger partial charge on any atom is -0.371 e. The normalized spacial score (nSPS) is 22.0. The van der Waals surface area contributed by atoms with Gasteiger partial charge in [0.2, 0.25) is 0 Å². The highest BCUT2D eigenvalue weighted by molar-refractivity contribution is 5.97. The SMILES string of the molecule is CN(c1ccc(C#N)c2ccccc12)C1CCC(N)CC1. The number of nitriles is 1. The minimum atomic E-state index is 0.368. The lowest BCUT2D eigenvalue weighted by atomic mass is 9.90. The van der Waals surface area contributed by atoms with Crippen molar-refractivity contribution in [3.05, 3.63) is 42.0 Å². The van der Waals surface area contributed by atoms with Crippen LogP contribution in [-0.2, 0) is 0 Å². The third-order valence-corrected chi connectivity index (χ3v) is 4.69. The van der Waals surface area contributed by atoms with Crippen molar-refractivity contribution in [2.24, 2.45) is 5.73 Å². The van der Waals surface area contributed by atoms with Crippen LogP contribution in [0.5, 0.6) is 0 Å². The van der Waals surface area contributed by atoms with Gasteiger partial charge < -0.3 is 10.6 Å². The molecule has 0 amide bonds. The van der Waals surface area contributed by atoms with Crippen LogP contribution in [0.2, 0.25) is 0 Å². The predicted molar refractivity (Wildman–Crippen MR) is 87.3 cm³/mol. The van der Waals surface area contributed by atoms with Gasteiger partial charge in [0.05, 0.1) is 11.6 Å². The van der Waals surface area contributed by atoms with E-state index in [9.17, 15) is 5.26 Å². The first-order valence-corrected chi connectivity index (χ1v) is 7.61. The third-order valence-electron chi connectivity index (χ3n) is 4.69. The molecule has 2 aromatic rings. The molecule has 0 spiro atoms. The van der Waals surface area contributed by atoms with Crippen LogP contribution in [0.15, 0.2) is 36.4 Å². The van der Waals surface area contributed by atoms with Crippen LogP contribution in [0, 0.1) is 11.3 Å². The lowest BCUT2D eigenvalue weighted by Crippen LogP contribution is -2.38. The van der Waals surface area contributed by atoms with Gasteiger partial charge in [-0.2, -0.15) is 5.26 Å². The van der Waals surface area contributed by atoms with E-state index in [1.807, 2.05) is 24.3 Å². The second-order valence-corrected chi connectivity index (χ2v) is 5.97. The Morgan fingerprint density at radius 3 is 2.38 bits per heavy atom. The first-order valence-electron chi connectivity index (χ1n) is 7.61. The Morgan fingerprint density at radius 1 is 1.05 bits per heavy atom. The molecule has 0 aliphatic heterocycles. The molecule has 1 saturated carbocycles. The highest BCUT2D eigenvalue weighted by Gasteiger charge is 2.23. The number of fused-ring (bicyclic) bond motifs is 1. The maximum Gasteiger partial charge on any atom is 0.0998 e. The van der Waals surface area contributed by atoms with Crippen LogP contribution in [0.4, 0.5) is 5.69 Å². The summed E-state index contributed by atoms with van der Waals surface area (Å²) in [4.78, 5) is 2.37. The van der Waals surface area contributed by atoms with Crippen LogP contribution in [-0.4, -0.2) is 19.1 Å². The molecule has 2 aromatic carbocycles. The Balaban J connectivity index is 1.99. The average molecular weight is 279 g/mol. The summed E-state index contributed by atoms with van der Waals surface area (Å²) in [6.45, 7) is 0. The van der Waals surface area contributed by atoms with Gasteiger partial charge in [-0.25, -0.2) is 0 Å². The summed E-state index contributed by atoms with van der Waals surface area (Å²) in [5.74, 6) is 0. The van der Waals surface area contributed by atoms with E-state index in [0.717, 1.165) is 42.0 Å². The summed E-state index contributed by atoms with van der Waals surface area (Å²) in [5.41, 5.74) is 7.97. The molecule has 1 aliphatic rings. The van der Waals surface area contributed by atoms with E-state index in [4.69, 9.17) is 5.73 Å². The van der Waals surface area contributed by atoms with Crippen LogP contribution >= 0.6 is 0 Å². The van der Waals surface area contributed by atoms with Crippen LogP contribution in [0.1, 0.15) is 31.2 Å². The highest BCUT2D eigenvalue weighted by Crippen LogP contribution is 2.32. The first-order chi connectivity index (χ1) is 10.2. The van der Waals surface area contributed by atoms with Gasteiger partial charge in [-0.05, 0) is 37.8 Å². The van der Waals surface area contributed by atoms with Gasteiger partial charge in [0.25, 0.3) is 0 Å². The topological polar surface area (TPSA) is 53.0 Å². The van der Waals surface area contributed by atoms with E-state index in [-0.39, 0.29) is 0 Å². The number of hydrogen-bond acceptors (Lipinski definition) is 3. The minimum absolute atomic E-state index is 0.368. The zero-order valence-electron chi connectivity index (χ0n) is 12.4. The standard InChI is InChI=1S/C18H21N3/c1-21(15-9-7-14(20)8-10-15)18-11-6-13(12-19)16-4-2-3-5-17(16)18/h2-6,11,14-15H,7-10,20H2,1H3. The molecule has 3 heteroatoms. The smallest absolute Gasteiger partial charge is 0.0998 e. The molecule has 0 unspecified atom stereocenters. The number of nitrogens with two attached hydrogens (primary N) is 1. The molecular weight excluding hydrogens is 258 g/mol. The molecule has 2 N–H and O–H groups in total. The summed E-state index contributed by atoms with van der Waals surface area (Å²) in [6, 6.07) is 15.4. The molecule has 0 bridgehead atoms. The van der Waals surface area contributed by atoms with Gasteiger partial charge in [-0.15, -0.1) is 0 Å².